The third-order valence-corrected chi connectivity index (χ3v) is 7.53. The van der Waals surface area contributed by atoms with E-state index >= 15 is 0 Å². The van der Waals surface area contributed by atoms with Gasteiger partial charge in [0.25, 0.3) is 0 Å². The smallest absolute Gasteiger partial charge is 0.242 e. The fraction of sp³-hybridized carbons (Fsp3) is 0.556. The summed E-state index contributed by atoms with van der Waals surface area (Å²) < 4.78 is 23.4. The Morgan fingerprint density at radius 3 is 2.60 bits per heavy atom. The summed E-state index contributed by atoms with van der Waals surface area (Å²) in [5.74, 6) is -0.221. The Balaban J connectivity index is 1.54. The zero-order chi connectivity index (χ0) is 17.8. The lowest BCUT2D eigenvalue weighted by molar-refractivity contribution is -0.143. The maximum Gasteiger partial charge on any atom is 0.242 e. The summed E-state index contributed by atoms with van der Waals surface area (Å²) in [4.78, 5) is 29.4. The zero-order valence-electron chi connectivity index (χ0n) is 14.3. The molecule has 2 aliphatic heterocycles. The van der Waals surface area contributed by atoms with Crippen molar-refractivity contribution in [2.75, 3.05) is 30.0 Å². The van der Waals surface area contributed by atoms with Crippen LogP contribution in [0.2, 0.25) is 0 Å². The number of hydrogen-bond donors (Lipinski definition) is 0. The van der Waals surface area contributed by atoms with Gasteiger partial charge in [-0.25, -0.2) is 8.42 Å². The van der Waals surface area contributed by atoms with Crippen LogP contribution in [-0.4, -0.2) is 56.3 Å². The molecule has 4 rings (SSSR count). The van der Waals surface area contributed by atoms with Crippen molar-refractivity contribution in [3.05, 3.63) is 29.8 Å². The second kappa shape index (κ2) is 5.56. The minimum atomic E-state index is -3.06. The highest BCUT2D eigenvalue weighted by molar-refractivity contribution is 7.91. The number of anilines is 1. The van der Waals surface area contributed by atoms with Crippen LogP contribution in [0.1, 0.15) is 24.8 Å². The molecule has 1 aromatic carbocycles. The molecule has 1 aromatic rings. The third-order valence-electron chi connectivity index (χ3n) is 5.78. The van der Waals surface area contributed by atoms with Crippen LogP contribution in [0, 0.1) is 5.41 Å². The minimum Gasteiger partial charge on any atom is -0.341 e. The first-order valence-electron chi connectivity index (χ1n) is 8.72. The summed E-state index contributed by atoms with van der Waals surface area (Å²) in [5.41, 5.74) is 1.05. The number of benzene rings is 1. The molecule has 3 aliphatic rings. The Morgan fingerprint density at radius 2 is 1.96 bits per heavy atom. The first-order valence-corrected chi connectivity index (χ1v) is 10.5. The summed E-state index contributed by atoms with van der Waals surface area (Å²) in [6, 6.07) is 7.49. The number of carbonyl (C=O) groups excluding carboxylic acids is 2. The summed E-state index contributed by atoms with van der Waals surface area (Å²) in [6.45, 7) is 0.606. The van der Waals surface area contributed by atoms with Gasteiger partial charge in [0.1, 0.15) is 5.41 Å². The molecule has 0 radical (unpaired) electrons. The van der Waals surface area contributed by atoms with Gasteiger partial charge in [0.2, 0.25) is 11.8 Å². The minimum absolute atomic E-state index is 0.00601. The Morgan fingerprint density at radius 1 is 1.24 bits per heavy atom. The van der Waals surface area contributed by atoms with Crippen molar-refractivity contribution in [3.8, 4) is 0 Å². The van der Waals surface area contributed by atoms with Crippen molar-refractivity contribution in [1.29, 1.82) is 0 Å². The quantitative estimate of drug-likeness (QED) is 0.752. The van der Waals surface area contributed by atoms with Crippen LogP contribution in [-0.2, 0) is 25.8 Å². The number of fused-ring (bicyclic) bond motifs is 1. The van der Waals surface area contributed by atoms with Crippen molar-refractivity contribution in [2.45, 2.75) is 31.7 Å². The molecule has 25 heavy (non-hydrogen) atoms. The molecule has 0 bridgehead atoms. The summed E-state index contributed by atoms with van der Waals surface area (Å²) >= 11 is 0. The number of hydrogen-bond acceptors (Lipinski definition) is 4. The second-order valence-corrected chi connectivity index (χ2v) is 9.62. The van der Waals surface area contributed by atoms with E-state index in [9.17, 15) is 18.0 Å². The van der Waals surface area contributed by atoms with Crippen molar-refractivity contribution < 1.29 is 18.0 Å². The number of para-hydroxylation sites is 1. The lowest BCUT2D eigenvalue weighted by Crippen LogP contribution is -2.48. The van der Waals surface area contributed by atoms with Gasteiger partial charge < -0.3 is 9.80 Å². The summed E-state index contributed by atoms with van der Waals surface area (Å²) in [7, 11) is -1.43. The van der Waals surface area contributed by atoms with Gasteiger partial charge in [-0.05, 0) is 37.3 Å². The molecule has 2 heterocycles. The van der Waals surface area contributed by atoms with Gasteiger partial charge in [0.15, 0.2) is 9.84 Å². The number of sulfone groups is 1. The Labute approximate surface area is 147 Å². The zero-order valence-corrected chi connectivity index (χ0v) is 15.1. The Kier molecular flexibility index (Phi) is 3.68. The largest absolute Gasteiger partial charge is 0.341 e. The lowest BCUT2D eigenvalue weighted by Gasteiger charge is -2.30. The molecule has 2 amide bonds. The van der Waals surface area contributed by atoms with E-state index in [2.05, 4.69) is 0 Å². The molecule has 1 aliphatic carbocycles. The van der Waals surface area contributed by atoms with Crippen molar-refractivity contribution in [1.82, 2.24) is 4.90 Å². The molecule has 1 saturated carbocycles. The number of nitrogens with zero attached hydrogens (tertiary/aromatic N) is 2. The van der Waals surface area contributed by atoms with E-state index < -0.39 is 15.3 Å². The van der Waals surface area contributed by atoms with Crippen LogP contribution >= 0.6 is 0 Å². The predicted octanol–water partition coefficient (Wildman–Crippen LogP) is 1.00. The fourth-order valence-corrected chi connectivity index (χ4v) is 5.81. The Bertz CT molecular complexity index is 844. The molecule has 1 saturated heterocycles. The normalized spacial score (nSPS) is 25.5. The topological polar surface area (TPSA) is 74.8 Å². The summed E-state index contributed by atoms with van der Waals surface area (Å²) in [5, 5.41) is 0. The van der Waals surface area contributed by atoms with Crippen molar-refractivity contribution >= 4 is 27.3 Å². The van der Waals surface area contributed by atoms with Crippen LogP contribution in [0.3, 0.4) is 0 Å². The second-order valence-electron chi connectivity index (χ2n) is 7.39. The average Bonchev–Trinajstić information content (AvgIpc) is 3.17. The van der Waals surface area contributed by atoms with Crippen LogP contribution < -0.4 is 4.90 Å². The van der Waals surface area contributed by atoms with Crippen LogP contribution in [0.4, 0.5) is 5.69 Å². The van der Waals surface area contributed by atoms with Crippen molar-refractivity contribution in [2.24, 2.45) is 5.41 Å². The molecule has 0 spiro atoms. The van der Waals surface area contributed by atoms with Gasteiger partial charge in [-0.3, -0.25) is 9.59 Å². The molecular weight excluding hydrogens is 340 g/mol. The molecule has 0 aromatic heterocycles. The molecule has 2 fully saturated rings. The highest BCUT2D eigenvalue weighted by Crippen LogP contribution is 2.50. The highest BCUT2D eigenvalue weighted by atomic mass is 32.2. The number of amides is 2. The van der Waals surface area contributed by atoms with Gasteiger partial charge in [-0.15, -0.1) is 0 Å². The third kappa shape index (κ3) is 2.65. The monoisotopic (exact) mass is 362 g/mol. The lowest BCUT2D eigenvalue weighted by atomic mass is 10.0. The van der Waals surface area contributed by atoms with Gasteiger partial charge in [-0.1, -0.05) is 18.2 Å². The highest BCUT2D eigenvalue weighted by Gasteiger charge is 2.60. The van der Waals surface area contributed by atoms with E-state index in [0.717, 1.165) is 17.7 Å². The van der Waals surface area contributed by atoms with Gasteiger partial charge in [-0.2, -0.15) is 0 Å². The maximum absolute atomic E-state index is 13.1. The molecule has 7 heteroatoms. The van der Waals surface area contributed by atoms with E-state index in [-0.39, 0.29) is 29.4 Å². The first kappa shape index (κ1) is 16.6. The van der Waals surface area contributed by atoms with Gasteiger partial charge in [0.05, 0.1) is 11.5 Å². The van der Waals surface area contributed by atoms with Gasteiger partial charge >= 0.3 is 0 Å². The van der Waals surface area contributed by atoms with Crippen molar-refractivity contribution in [3.63, 3.8) is 0 Å². The van der Waals surface area contributed by atoms with E-state index in [0.29, 0.717) is 25.8 Å². The number of carbonyl (C=O) groups is 2. The molecule has 1 unspecified atom stereocenters. The van der Waals surface area contributed by atoms with E-state index in [1.165, 1.54) is 4.90 Å². The van der Waals surface area contributed by atoms with E-state index in [4.69, 9.17) is 0 Å². The Hall–Kier alpha value is -1.89. The van der Waals surface area contributed by atoms with Crippen LogP contribution in [0.5, 0.6) is 0 Å². The SMILES string of the molecule is CN(C(=O)C1(C(=O)N2CCc3ccccc32)CC1)C1CCS(=O)(=O)C1. The fourth-order valence-electron chi connectivity index (χ4n) is 4.04. The predicted molar refractivity (Wildman–Crippen MR) is 94.0 cm³/mol. The number of rotatable bonds is 3. The molecular formula is C18H22N2O4S. The van der Waals surface area contributed by atoms with Crippen LogP contribution in [0.25, 0.3) is 0 Å². The van der Waals surface area contributed by atoms with E-state index in [1.807, 2.05) is 24.3 Å². The van der Waals surface area contributed by atoms with E-state index in [1.54, 1.807) is 11.9 Å². The standard InChI is InChI=1S/C18H22N2O4S/c1-19(14-7-11-25(23,24)12-14)16(21)18(8-9-18)17(22)20-10-6-13-4-2-3-5-15(13)20/h2-5,14H,6-12H2,1H3. The summed E-state index contributed by atoms with van der Waals surface area (Å²) in [6.07, 6.45) is 2.37. The first-order chi connectivity index (χ1) is 11.8. The maximum atomic E-state index is 13.1. The molecule has 6 nitrogen and oxygen atoms in total. The molecule has 0 N–H and O–H groups in total. The molecule has 134 valence electrons. The van der Waals surface area contributed by atoms with Crippen LogP contribution in [0.15, 0.2) is 24.3 Å². The molecule has 1 atom stereocenters. The average molecular weight is 362 g/mol. The van der Waals surface area contributed by atoms with Gasteiger partial charge in [0, 0.05) is 25.3 Å².